The first-order valence-electron chi connectivity index (χ1n) is 4.19. The van der Waals surface area contributed by atoms with Gasteiger partial charge in [0.05, 0.1) is 30.4 Å². The van der Waals surface area contributed by atoms with Crippen LogP contribution in [-0.4, -0.2) is 29.5 Å². The van der Waals surface area contributed by atoms with E-state index in [9.17, 15) is 4.79 Å². The third-order valence-corrected chi connectivity index (χ3v) is 1.82. The summed E-state index contributed by atoms with van der Waals surface area (Å²) in [5.41, 5.74) is 5.67. The Balaban J connectivity index is 2.77. The largest absolute Gasteiger partial charge is 0.494 e. The van der Waals surface area contributed by atoms with Crippen LogP contribution in [0.1, 0.15) is 10.4 Å². The lowest BCUT2D eigenvalue weighted by atomic mass is 10.2. The van der Waals surface area contributed by atoms with Crippen LogP contribution in [-0.2, 0) is 0 Å². The molecule has 0 saturated heterocycles. The molecule has 0 fully saturated rings. The Labute approximate surface area is 92.6 Å². The van der Waals surface area contributed by atoms with E-state index in [0.717, 1.165) is 0 Å². The molecule has 3 N–H and O–H groups in total. The molecule has 1 amide bonds. The van der Waals surface area contributed by atoms with E-state index in [4.69, 9.17) is 10.5 Å². The number of carbonyl (C=O) groups is 1. The molecule has 6 heteroatoms. The van der Waals surface area contributed by atoms with Crippen LogP contribution in [0.5, 0.6) is 5.75 Å². The predicted molar refractivity (Wildman–Crippen MR) is 59.9 cm³/mol. The SMILES string of the molecule is COc1cnccc1C(=O)NCC(N)=S. The molecule has 0 aliphatic rings. The van der Waals surface area contributed by atoms with Gasteiger partial charge in [0.1, 0.15) is 5.75 Å². The van der Waals surface area contributed by atoms with Crippen molar-refractivity contribution in [2.24, 2.45) is 5.73 Å². The highest BCUT2D eigenvalue weighted by Gasteiger charge is 2.11. The Morgan fingerprint density at radius 1 is 1.73 bits per heavy atom. The molecule has 0 aliphatic carbocycles. The number of thiocarbonyl (C=S) groups is 1. The van der Waals surface area contributed by atoms with Crippen molar-refractivity contribution in [3.63, 3.8) is 0 Å². The molecule has 80 valence electrons. The number of carbonyl (C=O) groups excluding carboxylic acids is 1. The van der Waals surface area contributed by atoms with Gasteiger partial charge in [-0.2, -0.15) is 0 Å². The summed E-state index contributed by atoms with van der Waals surface area (Å²) < 4.78 is 4.99. The smallest absolute Gasteiger partial charge is 0.255 e. The van der Waals surface area contributed by atoms with Crippen molar-refractivity contribution >= 4 is 23.1 Å². The number of aromatic nitrogens is 1. The van der Waals surface area contributed by atoms with E-state index < -0.39 is 0 Å². The maximum absolute atomic E-state index is 11.6. The Hall–Kier alpha value is -1.69. The number of nitrogens with one attached hydrogen (secondary N) is 1. The summed E-state index contributed by atoms with van der Waals surface area (Å²) in [7, 11) is 1.47. The Kier molecular flexibility index (Phi) is 3.99. The van der Waals surface area contributed by atoms with Crippen LogP contribution in [0.4, 0.5) is 0 Å². The molecule has 5 nitrogen and oxygen atoms in total. The summed E-state index contributed by atoms with van der Waals surface area (Å²) in [6.45, 7) is 0.166. The van der Waals surface area contributed by atoms with E-state index in [1.54, 1.807) is 6.07 Å². The predicted octanol–water partition coefficient (Wildman–Crippen LogP) is 0.106. The quantitative estimate of drug-likeness (QED) is 0.711. The van der Waals surface area contributed by atoms with E-state index in [0.29, 0.717) is 11.3 Å². The van der Waals surface area contributed by atoms with Gasteiger partial charge in [-0.05, 0) is 6.07 Å². The fraction of sp³-hybridized carbons (Fsp3) is 0.222. The molecule has 0 saturated carbocycles. The van der Waals surface area contributed by atoms with Crippen LogP contribution in [0.3, 0.4) is 0 Å². The number of pyridine rings is 1. The molecule has 0 bridgehead atoms. The first kappa shape index (κ1) is 11.4. The molecule has 15 heavy (non-hydrogen) atoms. The van der Waals surface area contributed by atoms with Crippen molar-refractivity contribution in [3.8, 4) is 5.75 Å². The van der Waals surface area contributed by atoms with Gasteiger partial charge < -0.3 is 15.8 Å². The molecular weight excluding hydrogens is 214 g/mol. The maximum atomic E-state index is 11.6. The molecule has 1 aromatic heterocycles. The summed E-state index contributed by atoms with van der Waals surface area (Å²) in [5, 5.41) is 2.56. The average molecular weight is 225 g/mol. The first-order chi connectivity index (χ1) is 7.15. The third kappa shape index (κ3) is 3.17. The molecule has 0 spiro atoms. The van der Waals surface area contributed by atoms with Crippen LogP contribution in [0, 0.1) is 0 Å². The zero-order valence-electron chi connectivity index (χ0n) is 8.19. The monoisotopic (exact) mass is 225 g/mol. The molecule has 0 atom stereocenters. The first-order valence-corrected chi connectivity index (χ1v) is 4.60. The van der Waals surface area contributed by atoms with Gasteiger partial charge in [0.15, 0.2) is 0 Å². The topological polar surface area (TPSA) is 77.2 Å². The van der Waals surface area contributed by atoms with E-state index in [1.807, 2.05) is 0 Å². The van der Waals surface area contributed by atoms with Gasteiger partial charge in [0.2, 0.25) is 0 Å². The summed E-state index contributed by atoms with van der Waals surface area (Å²) in [4.78, 5) is 15.7. The van der Waals surface area contributed by atoms with Crippen LogP contribution in [0.15, 0.2) is 18.5 Å². The van der Waals surface area contributed by atoms with E-state index >= 15 is 0 Å². The molecule has 1 aromatic rings. The van der Waals surface area contributed by atoms with Crippen LogP contribution < -0.4 is 15.8 Å². The van der Waals surface area contributed by atoms with Crippen molar-refractivity contribution in [1.29, 1.82) is 0 Å². The molecule has 0 aliphatic heterocycles. The minimum atomic E-state index is -0.290. The van der Waals surface area contributed by atoms with Crippen molar-refractivity contribution in [1.82, 2.24) is 10.3 Å². The minimum absolute atomic E-state index is 0.166. The van der Waals surface area contributed by atoms with Crippen molar-refractivity contribution in [2.75, 3.05) is 13.7 Å². The summed E-state index contributed by atoms with van der Waals surface area (Å²) >= 11 is 4.64. The lowest BCUT2D eigenvalue weighted by Gasteiger charge is -2.07. The van der Waals surface area contributed by atoms with Crippen LogP contribution in [0.25, 0.3) is 0 Å². The van der Waals surface area contributed by atoms with Crippen molar-refractivity contribution in [2.45, 2.75) is 0 Å². The highest BCUT2D eigenvalue weighted by atomic mass is 32.1. The summed E-state index contributed by atoms with van der Waals surface area (Å²) in [6, 6.07) is 1.56. The highest BCUT2D eigenvalue weighted by molar-refractivity contribution is 7.80. The number of hydrogen-bond acceptors (Lipinski definition) is 4. The van der Waals surface area contributed by atoms with E-state index in [2.05, 4.69) is 22.5 Å². The molecule has 0 unspecified atom stereocenters. The van der Waals surface area contributed by atoms with Gasteiger partial charge in [-0.15, -0.1) is 0 Å². The molecule has 1 rings (SSSR count). The Bertz CT molecular complexity index is 381. The normalized spacial score (nSPS) is 9.40. The van der Waals surface area contributed by atoms with Gasteiger partial charge in [-0.25, -0.2) is 0 Å². The average Bonchev–Trinajstić information content (AvgIpc) is 2.25. The Morgan fingerprint density at radius 2 is 2.47 bits per heavy atom. The lowest BCUT2D eigenvalue weighted by molar-refractivity contribution is 0.0956. The summed E-state index contributed by atoms with van der Waals surface area (Å²) in [5.74, 6) is 0.125. The van der Waals surface area contributed by atoms with Crippen molar-refractivity contribution < 1.29 is 9.53 Å². The van der Waals surface area contributed by atoms with E-state index in [1.165, 1.54) is 19.5 Å². The Morgan fingerprint density at radius 3 is 3.07 bits per heavy atom. The van der Waals surface area contributed by atoms with Gasteiger partial charge in [-0.3, -0.25) is 9.78 Å². The number of rotatable bonds is 4. The third-order valence-electron chi connectivity index (χ3n) is 1.67. The molecule has 0 radical (unpaired) electrons. The van der Waals surface area contributed by atoms with Crippen LogP contribution >= 0.6 is 12.2 Å². The second kappa shape index (κ2) is 5.26. The number of ether oxygens (including phenoxy) is 1. The summed E-state index contributed by atoms with van der Waals surface area (Å²) in [6.07, 6.45) is 2.98. The second-order valence-corrected chi connectivity index (χ2v) is 3.25. The molecular formula is C9H11N3O2S. The molecule has 1 heterocycles. The number of hydrogen-bond donors (Lipinski definition) is 2. The number of nitrogens with zero attached hydrogens (tertiary/aromatic N) is 1. The van der Waals surface area contributed by atoms with Crippen LogP contribution in [0.2, 0.25) is 0 Å². The van der Waals surface area contributed by atoms with Gasteiger partial charge >= 0.3 is 0 Å². The fourth-order valence-corrected chi connectivity index (χ4v) is 1.07. The lowest BCUT2D eigenvalue weighted by Crippen LogP contribution is -2.32. The zero-order valence-corrected chi connectivity index (χ0v) is 9.00. The van der Waals surface area contributed by atoms with E-state index in [-0.39, 0.29) is 17.4 Å². The minimum Gasteiger partial charge on any atom is -0.494 e. The maximum Gasteiger partial charge on any atom is 0.255 e. The highest BCUT2D eigenvalue weighted by Crippen LogP contribution is 2.14. The van der Waals surface area contributed by atoms with Gasteiger partial charge in [-0.1, -0.05) is 12.2 Å². The van der Waals surface area contributed by atoms with Gasteiger partial charge in [0, 0.05) is 6.20 Å². The molecule has 0 aromatic carbocycles. The second-order valence-electron chi connectivity index (χ2n) is 2.72. The number of nitrogens with two attached hydrogens (primary N) is 1. The standard InChI is InChI=1S/C9H11N3O2S/c1-14-7-4-11-3-2-6(7)9(13)12-5-8(10)15/h2-4H,5H2,1H3,(H2,10,15)(H,12,13). The fourth-order valence-electron chi connectivity index (χ4n) is 0.993. The van der Waals surface area contributed by atoms with Gasteiger partial charge in [0.25, 0.3) is 5.91 Å². The zero-order chi connectivity index (χ0) is 11.3. The number of amides is 1. The number of methoxy groups -OCH3 is 1. The van der Waals surface area contributed by atoms with Crippen molar-refractivity contribution in [3.05, 3.63) is 24.0 Å².